The molecule has 0 saturated carbocycles. The number of benzene rings is 1. The van der Waals surface area contributed by atoms with E-state index >= 15 is 0 Å². The Kier molecular flexibility index (Phi) is 3.01. The van der Waals surface area contributed by atoms with Crippen molar-refractivity contribution < 1.29 is 19.0 Å². The summed E-state index contributed by atoms with van der Waals surface area (Å²) in [5.41, 5.74) is 0.523. The third-order valence-electron chi connectivity index (χ3n) is 2.61. The maximum Gasteiger partial charge on any atom is 0.306 e. The van der Waals surface area contributed by atoms with Crippen LogP contribution >= 0.6 is 11.6 Å². The summed E-state index contributed by atoms with van der Waals surface area (Å²) in [6.45, 7) is 0.287. The largest absolute Gasteiger partial charge is 0.492 e. The van der Waals surface area contributed by atoms with Crippen molar-refractivity contribution in [3.63, 3.8) is 0 Å². The second kappa shape index (κ2) is 4.29. The van der Waals surface area contributed by atoms with Gasteiger partial charge >= 0.3 is 5.97 Å². The van der Waals surface area contributed by atoms with Crippen LogP contribution in [0.4, 0.5) is 4.39 Å². The second-order valence-electron chi connectivity index (χ2n) is 3.75. The van der Waals surface area contributed by atoms with E-state index in [4.69, 9.17) is 21.4 Å². The molecule has 0 saturated heterocycles. The first-order chi connectivity index (χ1) is 7.58. The maximum atomic E-state index is 13.1. The molecular weight excluding hydrogens is 235 g/mol. The number of hydrogen-bond acceptors (Lipinski definition) is 2. The van der Waals surface area contributed by atoms with Crippen LogP contribution in [-0.2, 0) is 11.2 Å². The molecule has 1 aliphatic heterocycles. The normalized spacial score (nSPS) is 19.5. The molecule has 1 atom stereocenters. The molecule has 0 aromatic heterocycles. The van der Waals surface area contributed by atoms with Gasteiger partial charge in [-0.3, -0.25) is 4.79 Å². The predicted molar refractivity (Wildman–Crippen MR) is 56.4 cm³/mol. The number of halogens is 2. The number of aliphatic carboxylic acids is 1. The Labute approximate surface area is 96.8 Å². The molecule has 0 amide bonds. The van der Waals surface area contributed by atoms with Crippen LogP contribution in [0.3, 0.4) is 0 Å². The van der Waals surface area contributed by atoms with Gasteiger partial charge in [-0.15, -0.1) is 0 Å². The van der Waals surface area contributed by atoms with E-state index in [1.807, 2.05) is 0 Å². The lowest BCUT2D eigenvalue weighted by Gasteiger charge is -2.09. The lowest BCUT2D eigenvalue weighted by molar-refractivity contribution is -0.142. The molecule has 0 radical (unpaired) electrons. The number of rotatable bonds is 1. The average Bonchev–Trinajstić information content (AvgIpc) is 2.39. The number of ether oxygens (including phenoxy) is 1. The fraction of sp³-hybridized carbons (Fsp3) is 0.364. The van der Waals surface area contributed by atoms with Crippen LogP contribution < -0.4 is 4.74 Å². The van der Waals surface area contributed by atoms with Gasteiger partial charge in [0.25, 0.3) is 0 Å². The van der Waals surface area contributed by atoms with E-state index in [2.05, 4.69) is 0 Å². The van der Waals surface area contributed by atoms with Gasteiger partial charge in [-0.2, -0.15) is 0 Å². The Morgan fingerprint density at radius 1 is 1.56 bits per heavy atom. The highest BCUT2D eigenvalue weighted by molar-refractivity contribution is 6.32. The summed E-state index contributed by atoms with van der Waals surface area (Å²) >= 11 is 5.83. The molecule has 1 aromatic carbocycles. The number of carbonyl (C=O) groups is 1. The molecule has 86 valence electrons. The third-order valence-corrected chi connectivity index (χ3v) is 2.89. The van der Waals surface area contributed by atoms with Gasteiger partial charge in [0.05, 0.1) is 17.5 Å². The maximum absolute atomic E-state index is 13.1. The van der Waals surface area contributed by atoms with Gasteiger partial charge in [-0.05, 0) is 30.5 Å². The first-order valence-corrected chi connectivity index (χ1v) is 5.29. The van der Waals surface area contributed by atoms with E-state index in [1.165, 1.54) is 12.1 Å². The van der Waals surface area contributed by atoms with E-state index in [0.29, 0.717) is 17.7 Å². The molecule has 3 nitrogen and oxygen atoms in total. The van der Waals surface area contributed by atoms with Gasteiger partial charge in [0.2, 0.25) is 0 Å². The molecule has 16 heavy (non-hydrogen) atoms. The van der Waals surface area contributed by atoms with E-state index in [0.717, 1.165) is 0 Å². The van der Waals surface area contributed by atoms with Crippen LogP contribution in [0.15, 0.2) is 12.1 Å². The van der Waals surface area contributed by atoms with Crippen LogP contribution in [0.1, 0.15) is 12.0 Å². The van der Waals surface area contributed by atoms with Crippen molar-refractivity contribution in [2.45, 2.75) is 12.8 Å². The quantitative estimate of drug-likeness (QED) is 0.826. The molecule has 1 aliphatic rings. The van der Waals surface area contributed by atoms with E-state index in [-0.39, 0.29) is 18.1 Å². The van der Waals surface area contributed by atoms with Crippen LogP contribution in [0, 0.1) is 11.7 Å². The van der Waals surface area contributed by atoms with Gasteiger partial charge in [0.1, 0.15) is 11.6 Å². The molecule has 1 N–H and O–H groups in total. The van der Waals surface area contributed by atoms with Gasteiger partial charge in [0.15, 0.2) is 0 Å². The third kappa shape index (κ3) is 2.11. The minimum Gasteiger partial charge on any atom is -0.492 e. The van der Waals surface area contributed by atoms with Crippen LogP contribution in [0.5, 0.6) is 5.75 Å². The van der Waals surface area contributed by atoms with Crippen molar-refractivity contribution in [1.82, 2.24) is 0 Å². The van der Waals surface area contributed by atoms with Crippen molar-refractivity contribution in [1.29, 1.82) is 0 Å². The standard InChI is InChI=1S/C11H10ClFO3/c12-9-5-8(13)4-7-3-6(11(14)15)1-2-16-10(7)9/h4-6H,1-3H2,(H,14,15). The summed E-state index contributed by atoms with van der Waals surface area (Å²) < 4.78 is 18.5. The summed E-state index contributed by atoms with van der Waals surface area (Å²) in [6, 6.07) is 2.45. The van der Waals surface area contributed by atoms with Gasteiger partial charge < -0.3 is 9.84 Å². The van der Waals surface area contributed by atoms with Crippen LogP contribution in [-0.4, -0.2) is 17.7 Å². The summed E-state index contributed by atoms with van der Waals surface area (Å²) in [7, 11) is 0. The number of carboxylic acid groups (broad SMARTS) is 1. The van der Waals surface area contributed by atoms with Crippen molar-refractivity contribution in [2.24, 2.45) is 5.92 Å². The monoisotopic (exact) mass is 244 g/mol. The topological polar surface area (TPSA) is 46.5 Å². The van der Waals surface area contributed by atoms with Crippen LogP contribution in [0.25, 0.3) is 0 Å². The van der Waals surface area contributed by atoms with Gasteiger partial charge in [-0.25, -0.2) is 4.39 Å². The van der Waals surface area contributed by atoms with Crippen molar-refractivity contribution in [3.8, 4) is 5.75 Å². The van der Waals surface area contributed by atoms with E-state index in [1.54, 1.807) is 0 Å². The zero-order valence-corrected chi connectivity index (χ0v) is 9.13. The lowest BCUT2D eigenvalue weighted by Crippen LogP contribution is -2.16. The molecule has 0 aliphatic carbocycles. The molecule has 0 fully saturated rings. The molecule has 1 aromatic rings. The first-order valence-electron chi connectivity index (χ1n) is 4.91. The Bertz CT molecular complexity index is 433. The smallest absolute Gasteiger partial charge is 0.306 e. The van der Waals surface area contributed by atoms with E-state index < -0.39 is 17.7 Å². The fourth-order valence-corrected chi connectivity index (χ4v) is 2.09. The minimum absolute atomic E-state index is 0.195. The molecule has 0 spiro atoms. The molecule has 5 heteroatoms. The van der Waals surface area contributed by atoms with Gasteiger partial charge in [-0.1, -0.05) is 11.6 Å². The minimum atomic E-state index is -0.892. The Morgan fingerprint density at radius 2 is 2.31 bits per heavy atom. The predicted octanol–water partition coefficient (Wildman–Crippen LogP) is 2.50. The van der Waals surface area contributed by atoms with Gasteiger partial charge in [0, 0.05) is 0 Å². The average molecular weight is 245 g/mol. The highest BCUT2D eigenvalue weighted by Crippen LogP contribution is 2.34. The molecule has 1 unspecified atom stereocenters. The first kappa shape index (κ1) is 11.2. The SMILES string of the molecule is O=C(O)C1CCOc2c(Cl)cc(F)cc2C1. The highest BCUT2D eigenvalue weighted by Gasteiger charge is 2.25. The Morgan fingerprint density at radius 3 is 3.00 bits per heavy atom. The number of fused-ring (bicyclic) bond motifs is 1. The highest BCUT2D eigenvalue weighted by atomic mass is 35.5. The lowest BCUT2D eigenvalue weighted by atomic mass is 9.97. The van der Waals surface area contributed by atoms with Crippen molar-refractivity contribution in [3.05, 3.63) is 28.5 Å². The van der Waals surface area contributed by atoms with E-state index in [9.17, 15) is 9.18 Å². The number of hydrogen-bond donors (Lipinski definition) is 1. The zero-order valence-electron chi connectivity index (χ0n) is 8.37. The summed E-state index contributed by atoms with van der Waals surface area (Å²) in [5.74, 6) is -1.50. The Hall–Kier alpha value is -1.29. The Balaban J connectivity index is 2.39. The summed E-state index contributed by atoms with van der Waals surface area (Å²) in [5, 5.41) is 9.14. The molecular formula is C11H10ClFO3. The summed E-state index contributed by atoms with van der Waals surface area (Å²) in [6.07, 6.45) is 0.657. The van der Waals surface area contributed by atoms with Crippen molar-refractivity contribution in [2.75, 3.05) is 6.61 Å². The fourth-order valence-electron chi connectivity index (χ4n) is 1.81. The molecule has 0 bridgehead atoms. The zero-order chi connectivity index (χ0) is 11.7. The van der Waals surface area contributed by atoms with Crippen molar-refractivity contribution >= 4 is 17.6 Å². The van der Waals surface area contributed by atoms with Crippen LogP contribution in [0.2, 0.25) is 5.02 Å². The molecule has 1 heterocycles. The molecule has 2 rings (SSSR count). The number of carboxylic acids is 1. The summed E-state index contributed by atoms with van der Waals surface area (Å²) in [4.78, 5) is 10.9. The second-order valence-corrected chi connectivity index (χ2v) is 4.16.